The summed E-state index contributed by atoms with van der Waals surface area (Å²) in [6.07, 6.45) is 1.68. The van der Waals surface area contributed by atoms with Gasteiger partial charge in [0.2, 0.25) is 0 Å². The molecule has 2 atom stereocenters. The summed E-state index contributed by atoms with van der Waals surface area (Å²) in [5.41, 5.74) is 1.17. The van der Waals surface area contributed by atoms with Crippen LogP contribution in [-0.4, -0.2) is 14.8 Å². The van der Waals surface area contributed by atoms with Crippen molar-refractivity contribution >= 4 is 37.5 Å². The average Bonchev–Trinajstić information content (AvgIpc) is 2.65. The van der Waals surface area contributed by atoms with Crippen LogP contribution in [0.1, 0.15) is 32.4 Å². The molecule has 2 heterocycles. The lowest BCUT2D eigenvalue weighted by atomic mass is 9.88. The van der Waals surface area contributed by atoms with Crippen molar-refractivity contribution in [3.63, 3.8) is 0 Å². The molecule has 16 heavy (non-hydrogen) atoms. The van der Waals surface area contributed by atoms with Crippen molar-refractivity contribution in [2.45, 2.75) is 31.5 Å². The van der Waals surface area contributed by atoms with Gasteiger partial charge < -0.3 is 0 Å². The van der Waals surface area contributed by atoms with Crippen molar-refractivity contribution in [2.75, 3.05) is 0 Å². The summed E-state index contributed by atoms with van der Waals surface area (Å²) in [5, 5.41) is 3.29. The van der Waals surface area contributed by atoms with Gasteiger partial charge in [-0.1, -0.05) is 36.7 Å². The summed E-state index contributed by atoms with van der Waals surface area (Å²) in [6.45, 7) is 6.66. The van der Waals surface area contributed by atoms with Gasteiger partial charge in [0.1, 0.15) is 11.2 Å². The van der Waals surface area contributed by atoms with Gasteiger partial charge in [0.05, 0.1) is 5.69 Å². The second-order valence-electron chi connectivity index (χ2n) is 4.35. The first kappa shape index (κ1) is 12.0. The van der Waals surface area contributed by atoms with Crippen LogP contribution in [0.25, 0.3) is 10.2 Å². The van der Waals surface area contributed by atoms with Crippen molar-refractivity contribution in [1.29, 1.82) is 0 Å². The fourth-order valence-electron chi connectivity index (χ4n) is 2.14. The summed E-state index contributed by atoms with van der Waals surface area (Å²) < 4.78 is 0. The minimum Gasteiger partial charge on any atom is -0.240 e. The lowest BCUT2D eigenvalue weighted by Gasteiger charge is -2.23. The molecular formula is C12H15BrN2S. The largest absolute Gasteiger partial charge is 0.240 e. The van der Waals surface area contributed by atoms with Crippen LogP contribution >= 0.6 is 27.3 Å². The van der Waals surface area contributed by atoms with Crippen molar-refractivity contribution in [2.24, 2.45) is 5.92 Å². The maximum Gasteiger partial charge on any atom is 0.126 e. The Morgan fingerprint density at radius 3 is 2.62 bits per heavy atom. The monoisotopic (exact) mass is 298 g/mol. The third kappa shape index (κ3) is 2.13. The molecule has 0 radical (unpaired) electrons. The van der Waals surface area contributed by atoms with E-state index in [2.05, 4.69) is 58.1 Å². The molecule has 0 amide bonds. The highest BCUT2D eigenvalue weighted by atomic mass is 79.9. The first-order valence-corrected chi connectivity index (χ1v) is 7.23. The van der Waals surface area contributed by atoms with E-state index in [0.717, 1.165) is 4.83 Å². The maximum absolute atomic E-state index is 4.49. The first-order chi connectivity index (χ1) is 7.61. The van der Waals surface area contributed by atoms with E-state index >= 15 is 0 Å². The highest BCUT2D eigenvalue weighted by Gasteiger charge is 2.24. The zero-order valence-electron chi connectivity index (χ0n) is 9.64. The normalized spacial score (nSPS) is 15.6. The summed E-state index contributed by atoms with van der Waals surface area (Å²) in [6, 6.07) is 2.13. The topological polar surface area (TPSA) is 25.8 Å². The van der Waals surface area contributed by atoms with Crippen molar-refractivity contribution in [3.8, 4) is 0 Å². The highest BCUT2D eigenvalue weighted by Crippen LogP contribution is 2.35. The summed E-state index contributed by atoms with van der Waals surface area (Å²) in [5.74, 6) is 0.993. The molecule has 0 N–H and O–H groups in total. The molecule has 0 saturated heterocycles. The fraction of sp³-hybridized carbons (Fsp3) is 0.500. The zero-order valence-corrected chi connectivity index (χ0v) is 12.0. The minimum atomic E-state index is 0.422. The van der Waals surface area contributed by atoms with E-state index in [4.69, 9.17) is 0 Å². The van der Waals surface area contributed by atoms with Crippen LogP contribution in [0, 0.1) is 5.92 Å². The van der Waals surface area contributed by atoms with Crippen LogP contribution in [0.5, 0.6) is 0 Å². The van der Waals surface area contributed by atoms with Crippen LogP contribution in [0.15, 0.2) is 17.8 Å². The van der Waals surface area contributed by atoms with Gasteiger partial charge in [-0.2, -0.15) is 0 Å². The highest BCUT2D eigenvalue weighted by molar-refractivity contribution is 9.09. The fourth-order valence-corrected chi connectivity index (χ4v) is 3.74. The number of fused-ring (bicyclic) bond motifs is 1. The van der Waals surface area contributed by atoms with Crippen LogP contribution in [0.3, 0.4) is 0 Å². The smallest absolute Gasteiger partial charge is 0.126 e. The Morgan fingerprint density at radius 1 is 1.25 bits per heavy atom. The van der Waals surface area contributed by atoms with Gasteiger partial charge in [-0.3, -0.25) is 0 Å². The Balaban J connectivity index is 2.56. The number of rotatable bonds is 3. The summed E-state index contributed by atoms with van der Waals surface area (Å²) in [7, 11) is 0. The van der Waals surface area contributed by atoms with E-state index in [0.29, 0.717) is 16.7 Å². The van der Waals surface area contributed by atoms with Gasteiger partial charge in [0, 0.05) is 16.1 Å². The molecule has 2 aromatic rings. The van der Waals surface area contributed by atoms with E-state index in [1.54, 1.807) is 17.7 Å². The predicted octanol–water partition coefficient (Wildman–Crippen LogP) is 4.21. The third-order valence-electron chi connectivity index (χ3n) is 2.82. The van der Waals surface area contributed by atoms with Crippen LogP contribution in [-0.2, 0) is 0 Å². The molecule has 2 unspecified atom stereocenters. The van der Waals surface area contributed by atoms with Gasteiger partial charge in [0.15, 0.2) is 0 Å². The molecule has 0 spiro atoms. The maximum atomic E-state index is 4.49. The number of nitrogens with zero attached hydrogens (tertiary/aromatic N) is 2. The molecule has 0 aliphatic rings. The van der Waals surface area contributed by atoms with E-state index in [-0.39, 0.29) is 0 Å². The van der Waals surface area contributed by atoms with Crippen LogP contribution in [0.4, 0.5) is 0 Å². The Morgan fingerprint density at radius 2 is 2.00 bits per heavy atom. The molecule has 2 rings (SSSR count). The lowest BCUT2D eigenvalue weighted by molar-refractivity contribution is 0.491. The number of aromatic nitrogens is 2. The molecule has 86 valence electrons. The average molecular weight is 299 g/mol. The summed E-state index contributed by atoms with van der Waals surface area (Å²) >= 11 is 5.37. The molecule has 0 aliphatic carbocycles. The van der Waals surface area contributed by atoms with E-state index in [9.17, 15) is 0 Å². The number of thiophene rings is 1. The Labute approximate surface area is 108 Å². The van der Waals surface area contributed by atoms with E-state index < -0.39 is 0 Å². The first-order valence-electron chi connectivity index (χ1n) is 5.43. The number of hydrogen-bond acceptors (Lipinski definition) is 3. The standard InChI is InChI=1S/C12H15BrN2S/c1-7(2)10(8(3)13)11-9-4-5-16-12(9)15-6-14-11/h4-8,10H,1-3H3. The van der Waals surface area contributed by atoms with E-state index in [1.807, 2.05) is 0 Å². The SMILES string of the molecule is CC(C)C(c1ncnc2sccc12)C(C)Br. The van der Waals surface area contributed by atoms with Gasteiger partial charge >= 0.3 is 0 Å². The molecule has 0 saturated carbocycles. The Kier molecular flexibility index (Phi) is 3.60. The molecule has 4 heteroatoms. The molecule has 0 fully saturated rings. The number of halogens is 1. The second-order valence-corrected chi connectivity index (χ2v) is 6.68. The molecule has 0 aromatic carbocycles. The predicted molar refractivity (Wildman–Crippen MR) is 73.4 cm³/mol. The van der Waals surface area contributed by atoms with Gasteiger partial charge in [-0.05, 0) is 17.4 Å². The van der Waals surface area contributed by atoms with Crippen molar-refractivity contribution < 1.29 is 0 Å². The number of alkyl halides is 1. The van der Waals surface area contributed by atoms with Gasteiger partial charge in [-0.15, -0.1) is 11.3 Å². The Bertz CT molecular complexity index is 471. The number of hydrogen-bond donors (Lipinski definition) is 0. The van der Waals surface area contributed by atoms with Gasteiger partial charge in [-0.25, -0.2) is 9.97 Å². The molecule has 0 bridgehead atoms. The van der Waals surface area contributed by atoms with Crippen LogP contribution in [0.2, 0.25) is 0 Å². The minimum absolute atomic E-state index is 0.422. The Hall–Kier alpha value is -0.480. The third-order valence-corrected chi connectivity index (χ3v) is 4.21. The molecule has 2 nitrogen and oxygen atoms in total. The quantitative estimate of drug-likeness (QED) is 0.793. The molecule has 0 aliphatic heterocycles. The lowest BCUT2D eigenvalue weighted by Crippen LogP contribution is -2.17. The molecular weight excluding hydrogens is 284 g/mol. The van der Waals surface area contributed by atoms with Gasteiger partial charge in [0.25, 0.3) is 0 Å². The second kappa shape index (κ2) is 4.80. The summed E-state index contributed by atoms with van der Waals surface area (Å²) in [4.78, 5) is 10.3. The van der Waals surface area contributed by atoms with E-state index in [1.165, 1.54) is 11.1 Å². The zero-order chi connectivity index (χ0) is 11.7. The molecule has 2 aromatic heterocycles. The van der Waals surface area contributed by atoms with Crippen molar-refractivity contribution in [3.05, 3.63) is 23.5 Å². The van der Waals surface area contributed by atoms with Crippen LogP contribution < -0.4 is 0 Å². The van der Waals surface area contributed by atoms with Crippen molar-refractivity contribution in [1.82, 2.24) is 9.97 Å².